The molecule has 0 saturated heterocycles. The van der Waals surface area contributed by atoms with Gasteiger partial charge < -0.3 is 5.11 Å². The van der Waals surface area contributed by atoms with E-state index in [-0.39, 0.29) is 9.09 Å². The maximum absolute atomic E-state index is 12.3. The van der Waals surface area contributed by atoms with E-state index in [1.807, 2.05) is 30.3 Å². The van der Waals surface area contributed by atoms with Gasteiger partial charge in [-0.1, -0.05) is 30.3 Å². The fraction of sp³-hybridized carbons (Fsp3) is 0.214. The molecule has 1 aromatic heterocycles. The van der Waals surface area contributed by atoms with Gasteiger partial charge in [0.05, 0.1) is 0 Å². The van der Waals surface area contributed by atoms with Gasteiger partial charge in [-0.25, -0.2) is 17.9 Å². The number of nitrogens with one attached hydrogen (secondary N) is 1. The van der Waals surface area contributed by atoms with Gasteiger partial charge >= 0.3 is 5.97 Å². The van der Waals surface area contributed by atoms with Crippen molar-refractivity contribution < 1.29 is 18.3 Å². The summed E-state index contributed by atoms with van der Waals surface area (Å²) in [4.78, 5) is 11.0. The maximum Gasteiger partial charge on any atom is 0.346 e. The molecule has 112 valence electrons. The summed E-state index contributed by atoms with van der Waals surface area (Å²) in [5, 5.41) is 9.00. The number of benzene rings is 1. The van der Waals surface area contributed by atoms with Crippen LogP contribution in [0.25, 0.3) is 0 Å². The summed E-state index contributed by atoms with van der Waals surface area (Å²) in [6, 6.07) is 10.2. The Labute approximate surface area is 127 Å². The number of carbonyl (C=O) groups is 1. The van der Waals surface area contributed by atoms with Crippen LogP contribution in [0.4, 0.5) is 0 Å². The van der Waals surface area contributed by atoms with Crippen molar-refractivity contribution in [2.24, 2.45) is 0 Å². The molecule has 0 bridgehead atoms. The molecule has 0 saturated carbocycles. The number of thiophene rings is 1. The van der Waals surface area contributed by atoms with Crippen molar-refractivity contribution in [2.45, 2.75) is 24.1 Å². The fourth-order valence-electron chi connectivity index (χ4n) is 1.90. The third-order valence-corrected chi connectivity index (χ3v) is 6.23. The Bertz CT molecular complexity index is 751. The zero-order chi connectivity index (χ0) is 15.6. The van der Waals surface area contributed by atoms with E-state index < -0.39 is 22.0 Å². The predicted octanol–water partition coefficient (Wildman–Crippen LogP) is 2.79. The molecule has 1 unspecified atom stereocenters. The van der Waals surface area contributed by atoms with Crippen LogP contribution in [0.5, 0.6) is 0 Å². The number of hydrogen-bond donors (Lipinski definition) is 2. The Kier molecular flexibility index (Phi) is 4.46. The third kappa shape index (κ3) is 3.49. The molecule has 5 nitrogen and oxygen atoms in total. The summed E-state index contributed by atoms with van der Waals surface area (Å²) in [6.45, 7) is 3.32. The van der Waals surface area contributed by atoms with Gasteiger partial charge in [0.1, 0.15) is 9.09 Å². The first kappa shape index (κ1) is 15.7. The average Bonchev–Trinajstić information content (AvgIpc) is 2.82. The van der Waals surface area contributed by atoms with Crippen molar-refractivity contribution in [1.82, 2.24) is 4.72 Å². The number of aryl methyl sites for hydroxylation is 1. The fourth-order valence-corrected chi connectivity index (χ4v) is 4.53. The van der Waals surface area contributed by atoms with Crippen LogP contribution in [0, 0.1) is 6.92 Å². The van der Waals surface area contributed by atoms with E-state index in [9.17, 15) is 13.2 Å². The second kappa shape index (κ2) is 5.97. The van der Waals surface area contributed by atoms with Gasteiger partial charge in [-0.2, -0.15) is 0 Å². The smallest absolute Gasteiger partial charge is 0.346 e. The highest BCUT2D eigenvalue weighted by molar-refractivity contribution is 7.91. The molecule has 0 aliphatic heterocycles. The first-order valence-corrected chi connectivity index (χ1v) is 8.52. The maximum atomic E-state index is 12.3. The lowest BCUT2D eigenvalue weighted by atomic mass is 10.1. The van der Waals surface area contributed by atoms with Crippen LogP contribution in [0.1, 0.15) is 33.8 Å². The van der Waals surface area contributed by atoms with E-state index in [2.05, 4.69) is 4.72 Å². The molecule has 0 amide bonds. The van der Waals surface area contributed by atoms with Crippen molar-refractivity contribution in [3.8, 4) is 0 Å². The van der Waals surface area contributed by atoms with Crippen LogP contribution in [0.2, 0.25) is 0 Å². The van der Waals surface area contributed by atoms with E-state index in [0.29, 0.717) is 5.56 Å². The first-order chi connectivity index (χ1) is 9.81. The molecular formula is C14H15NO4S2. The van der Waals surface area contributed by atoms with Gasteiger partial charge in [-0.15, -0.1) is 11.3 Å². The molecule has 0 aliphatic rings. The molecule has 2 N–H and O–H groups in total. The number of carboxylic acid groups (broad SMARTS) is 1. The minimum atomic E-state index is -3.74. The van der Waals surface area contributed by atoms with Gasteiger partial charge in [0.15, 0.2) is 0 Å². The average molecular weight is 325 g/mol. The Morgan fingerprint density at radius 3 is 2.43 bits per heavy atom. The topological polar surface area (TPSA) is 83.5 Å². The van der Waals surface area contributed by atoms with Crippen molar-refractivity contribution in [2.75, 3.05) is 0 Å². The summed E-state index contributed by atoms with van der Waals surface area (Å²) >= 11 is 0.762. The Hall–Kier alpha value is -1.70. The highest BCUT2D eigenvalue weighted by atomic mass is 32.2. The van der Waals surface area contributed by atoms with Crippen LogP contribution < -0.4 is 4.72 Å². The zero-order valence-electron chi connectivity index (χ0n) is 11.5. The van der Waals surface area contributed by atoms with Crippen LogP contribution in [0.3, 0.4) is 0 Å². The number of rotatable bonds is 5. The number of carboxylic acids is 1. The van der Waals surface area contributed by atoms with Crippen molar-refractivity contribution in [3.05, 3.63) is 52.4 Å². The lowest BCUT2D eigenvalue weighted by Crippen LogP contribution is -2.26. The highest BCUT2D eigenvalue weighted by Crippen LogP contribution is 2.27. The minimum Gasteiger partial charge on any atom is -0.477 e. The van der Waals surface area contributed by atoms with Crippen LogP contribution >= 0.6 is 11.3 Å². The molecule has 2 aromatic rings. The molecule has 21 heavy (non-hydrogen) atoms. The SMILES string of the molecule is Cc1cc(S(=O)(=O)NC(C)c2ccccc2)sc1C(=O)O. The number of sulfonamides is 1. The molecule has 7 heteroatoms. The molecular weight excluding hydrogens is 310 g/mol. The van der Waals surface area contributed by atoms with E-state index in [4.69, 9.17) is 5.11 Å². The summed E-state index contributed by atoms with van der Waals surface area (Å²) in [7, 11) is -3.74. The zero-order valence-corrected chi connectivity index (χ0v) is 13.2. The second-order valence-electron chi connectivity index (χ2n) is 4.64. The molecule has 2 rings (SSSR count). The molecule has 0 aliphatic carbocycles. The molecule has 0 radical (unpaired) electrons. The Morgan fingerprint density at radius 2 is 1.90 bits per heavy atom. The summed E-state index contributed by atoms with van der Waals surface area (Å²) in [5.74, 6) is -1.12. The Morgan fingerprint density at radius 1 is 1.29 bits per heavy atom. The first-order valence-electron chi connectivity index (χ1n) is 6.22. The van der Waals surface area contributed by atoms with Crippen LogP contribution in [-0.2, 0) is 10.0 Å². The van der Waals surface area contributed by atoms with Gasteiger partial charge in [0.2, 0.25) is 0 Å². The second-order valence-corrected chi connectivity index (χ2v) is 7.63. The molecule has 1 atom stereocenters. The quantitative estimate of drug-likeness (QED) is 0.885. The van der Waals surface area contributed by atoms with E-state index >= 15 is 0 Å². The van der Waals surface area contributed by atoms with E-state index in [1.54, 1.807) is 13.8 Å². The predicted molar refractivity (Wildman–Crippen MR) is 81.2 cm³/mol. The summed E-state index contributed by atoms with van der Waals surface area (Å²) in [6.07, 6.45) is 0. The third-order valence-electron chi connectivity index (χ3n) is 2.99. The lowest BCUT2D eigenvalue weighted by molar-refractivity contribution is 0.0701. The minimum absolute atomic E-state index is 0.0141. The van der Waals surface area contributed by atoms with Gasteiger partial charge in [0, 0.05) is 6.04 Å². The molecule has 0 fully saturated rings. The summed E-state index contributed by atoms with van der Waals surface area (Å²) in [5.41, 5.74) is 1.29. The monoisotopic (exact) mass is 325 g/mol. The number of aromatic carboxylic acids is 1. The largest absolute Gasteiger partial charge is 0.477 e. The van der Waals surface area contributed by atoms with Crippen LogP contribution in [-0.4, -0.2) is 19.5 Å². The van der Waals surface area contributed by atoms with E-state index in [1.165, 1.54) is 6.07 Å². The van der Waals surface area contributed by atoms with Gasteiger partial charge in [0.25, 0.3) is 10.0 Å². The van der Waals surface area contributed by atoms with Crippen molar-refractivity contribution >= 4 is 27.3 Å². The molecule has 1 heterocycles. The van der Waals surface area contributed by atoms with E-state index in [0.717, 1.165) is 16.9 Å². The number of hydrogen-bond acceptors (Lipinski definition) is 4. The van der Waals surface area contributed by atoms with Gasteiger partial charge in [-0.05, 0) is 31.0 Å². The standard InChI is InChI=1S/C14H15NO4S2/c1-9-8-12(20-13(9)14(16)17)21(18,19)15-10(2)11-6-4-3-5-7-11/h3-8,10,15H,1-2H3,(H,16,17). The van der Waals surface area contributed by atoms with Crippen LogP contribution in [0.15, 0.2) is 40.6 Å². The normalized spacial score (nSPS) is 13.0. The van der Waals surface area contributed by atoms with Gasteiger partial charge in [-0.3, -0.25) is 0 Å². The van der Waals surface area contributed by atoms with Crippen molar-refractivity contribution in [3.63, 3.8) is 0 Å². The highest BCUT2D eigenvalue weighted by Gasteiger charge is 2.23. The molecule has 1 aromatic carbocycles. The van der Waals surface area contributed by atoms with Crippen molar-refractivity contribution in [1.29, 1.82) is 0 Å². The Balaban J connectivity index is 2.27. The lowest BCUT2D eigenvalue weighted by Gasteiger charge is -2.13. The summed E-state index contributed by atoms with van der Waals surface area (Å²) < 4.78 is 27.2. The molecule has 0 spiro atoms.